The average Bonchev–Trinajstić information content (AvgIpc) is 1.21. The lowest BCUT2D eigenvalue weighted by Crippen LogP contribution is -2.21. The summed E-state index contributed by atoms with van der Waals surface area (Å²) >= 11 is 0. The molecule has 50 valence electrons. The molecule has 0 bridgehead atoms. The Bertz CT molecular complexity index is 65.3. The Labute approximate surface area is 47.3 Å². The molecule has 0 aromatic rings. The van der Waals surface area contributed by atoms with E-state index in [-0.39, 0.29) is 0 Å². The van der Waals surface area contributed by atoms with Crippen molar-refractivity contribution in [1.82, 2.24) is 0 Å². The van der Waals surface area contributed by atoms with E-state index in [0.29, 0.717) is 0 Å². The van der Waals surface area contributed by atoms with Crippen molar-refractivity contribution in [3.63, 3.8) is 0 Å². The van der Waals surface area contributed by atoms with Gasteiger partial charge < -0.3 is 5.11 Å². The molecule has 0 aromatic heterocycles. The number of aliphatic hydroxyl groups is 1. The van der Waals surface area contributed by atoms with Crippen molar-refractivity contribution >= 4 is 0 Å². The van der Waals surface area contributed by atoms with Gasteiger partial charge in [0.15, 0.2) is 0 Å². The fourth-order valence-corrected chi connectivity index (χ4v) is 0.378. The second kappa shape index (κ2) is 2.40. The van der Waals surface area contributed by atoms with Gasteiger partial charge in [-0.05, 0) is 13.8 Å². The van der Waals surface area contributed by atoms with Crippen LogP contribution < -0.4 is 0 Å². The molecule has 1 N–H and O–H groups in total. The van der Waals surface area contributed by atoms with Crippen LogP contribution in [-0.2, 0) is 0 Å². The van der Waals surface area contributed by atoms with Crippen molar-refractivity contribution in [1.29, 1.82) is 0 Å². The summed E-state index contributed by atoms with van der Waals surface area (Å²) in [6.07, 6.45) is -2.86. The Morgan fingerprint density at radius 1 is 1.50 bits per heavy atom. The quantitative estimate of drug-likeness (QED) is 0.590. The molecule has 0 saturated carbocycles. The molecular formula is C5H10F2O. The molecule has 8 heavy (non-hydrogen) atoms. The third kappa shape index (κ3) is 5.82. The highest BCUT2D eigenvalue weighted by atomic mass is 19.3. The second-order valence-corrected chi connectivity index (χ2v) is 2.41. The molecule has 0 radical (unpaired) electrons. The van der Waals surface area contributed by atoms with Gasteiger partial charge in [0, 0.05) is 6.42 Å². The van der Waals surface area contributed by atoms with E-state index >= 15 is 0 Å². The van der Waals surface area contributed by atoms with Crippen LogP contribution in [0.5, 0.6) is 0 Å². The summed E-state index contributed by atoms with van der Waals surface area (Å²) in [6, 6.07) is 0. The van der Waals surface area contributed by atoms with Crippen molar-refractivity contribution in [2.45, 2.75) is 32.3 Å². The molecule has 0 aliphatic rings. The van der Waals surface area contributed by atoms with Crippen molar-refractivity contribution in [3.05, 3.63) is 0 Å². The van der Waals surface area contributed by atoms with E-state index in [1.807, 2.05) is 0 Å². The zero-order valence-corrected chi connectivity index (χ0v) is 4.99. The Balaban J connectivity index is 3.39. The first-order chi connectivity index (χ1) is 3.42. The normalized spacial score (nSPS) is 12.8. The lowest BCUT2D eigenvalue weighted by Gasteiger charge is -2.14. The van der Waals surface area contributed by atoms with Gasteiger partial charge in [0.1, 0.15) is 0 Å². The molecule has 0 unspecified atom stereocenters. The van der Waals surface area contributed by atoms with Crippen LogP contribution in [0.3, 0.4) is 0 Å². The van der Waals surface area contributed by atoms with Gasteiger partial charge in [-0.15, -0.1) is 0 Å². The molecule has 0 atom stereocenters. The summed E-state index contributed by atoms with van der Waals surface area (Å²) in [7, 11) is 0. The molecule has 0 aliphatic heterocycles. The lowest BCUT2D eigenvalue weighted by molar-refractivity contribution is 0.00509. The van der Waals surface area contributed by atoms with Gasteiger partial charge >= 0.3 is 0 Å². The van der Waals surface area contributed by atoms with Crippen LogP contribution in [0.2, 0.25) is 0 Å². The van der Waals surface area contributed by atoms with Gasteiger partial charge in [0.05, 0.1) is 5.60 Å². The zero-order valence-electron chi connectivity index (χ0n) is 4.99. The minimum Gasteiger partial charge on any atom is -0.390 e. The zero-order chi connectivity index (χ0) is 6.78. The number of rotatable bonds is 2. The molecule has 0 rings (SSSR count). The molecule has 0 fully saturated rings. The monoisotopic (exact) mass is 124 g/mol. The molecule has 0 amide bonds. The number of alkyl halides is 2. The Morgan fingerprint density at radius 3 is 1.88 bits per heavy atom. The van der Waals surface area contributed by atoms with Crippen LogP contribution in [0.1, 0.15) is 20.3 Å². The standard InChI is InChI=1S/C5H10F2O/c1-5(2,8)3-4(6)7/h4,8H,3H2,1-2H3. The molecule has 0 heterocycles. The van der Waals surface area contributed by atoms with Crippen LogP contribution in [0.25, 0.3) is 0 Å². The van der Waals surface area contributed by atoms with E-state index in [1.165, 1.54) is 13.8 Å². The summed E-state index contributed by atoms with van der Waals surface area (Å²) < 4.78 is 22.7. The predicted octanol–water partition coefficient (Wildman–Crippen LogP) is 1.41. The fraction of sp³-hybridized carbons (Fsp3) is 1.00. The number of halogens is 2. The lowest BCUT2D eigenvalue weighted by atomic mass is 10.1. The van der Waals surface area contributed by atoms with Gasteiger partial charge in [-0.2, -0.15) is 0 Å². The summed E-state index contributed by atoms with van der Waals surface area (Å²) in [6.45, 7) is 2.72. The largest absolute Gasteiger partial charge is 0.390 e. The summed E-state index contributed by atoms with van der Waals surface area (Å²) in [4.78, 5) is 0. The molecule has 3 heteroatoms. The Kier molecular flexibility index (Phi) is 2.34. The SMILES string of the molecule is CC(C)(O)CC(F)F. The molecule has 0 saturated heterocycles. The summed E-state index contributed by atoms with van der Waals surface area (Å²) in [5.74, 6) is 0. The molecule has 0 aliphatic carbocycles. The van der Waals surface area contributed by atoms with Crippen LogP contribution in [0, 0.1) is 0 Å². The minimum atomic E-state index is -2.41. The maximum absolute atomic E-state index is 11.4. The highest BCUT2D eigenvalue weighted by Crippen LogP contribution is 2.13. The first kappa shape index (κ1) is 7.82. The Hall–Kier alpha value is -0.180. The van der Waals surface area contributed by atoms with Gasteiger partial charge in [-0.25, -0.2) is 8.78 Å². The highest BCUT2D eigenvalue weighted by molar-refractivity contribution is 4.65. The number of hydrogen-bond acceptors (Lipinski definition) is 1. The number of hydrogen-bond donors (Lipinski definition) is 1. The first-order valence-electron chi connectivity index (χ1n) is 2.42. The van der Waals surface area contributed by atoms with Gasteiger partial charge in [0.25, 0.3) is 0 Å². The topological polar surface area (TPSA) is 20.2 Å². The van der Waals surface area contributed by atoms with E-state index < -0.39 is 18.4 Å². The smallest absolute Gasteiger partial charge is 0.241 e. The van der Waals surface area contributed by atoms with E-state index in [9.17, 15) is 8.78 Å². The van der Waals surface area contributed by atoms with Gasteiger partial charge in [-0.1, -0.05) is 0 Å². The van der Waals surface area contributed by atoms with Crippen LogP contribution in [0.15, 0.2) is 0 Å². The van der Waals surface area contributed by atoms with Crippen LogP contribution in [0.4, 0.5) is 8.78 Å². The molecule has 0 spiro atoms. The average molecular weight is 124 g/mol. The predicted molar refractivity (Wildman–Crippen MR) is 26.9 cm³/mol. The Morgan fingerprint density at radius 2 is 1.88 bits per heavy atom. The van der Waals surface area contributed by atoms with Gasteiger partial charge in [0.2, 0.25) is 6.43 Å². The van der Waals surface area contributed by atoms with E-state index in [1.54, 1.807) is 0 Å². The molecule has 1 nitrogen and oxygen atoms in total. The maximum atomic E-state index is 11.4. The minimum absolute atomic E-state index is 0.451. The maximum Gasteiger partial charge on any atom is 0.241 e. The van der Waals surface area contributed by atoms with Crippen molar-refractivity contribution in [2.75, 3.05) is 0 Å². The van der Waals surface area contributed by atoms with E-state index in [4.69, 9.17) is 5.11 Å². The van der Waals surface area contributed by atoms with Gasteiger partial charge in [-0.3, -0.25) is 0 Å². The molecular weight excluding hydrogens is 114 g/mol. The van der Waals surface area contributed by atoms with E-state index in [0.717, 1.165) is 0 Å². The van der Waals surface area contributed by atoms with Crippen molar-refractivity contribution in [3.8, 4) is 0 Å². The third-order valence-corrected chi connectivity index (χ3v) is 0.654. The van der Waals surface area contributed by atoms with Crippen molar-refractivity contribution < 1.29 is 13.9 Å². The first-order valence-corrected chi connectivity index (χ1v) is 2.42. The highest BCUT2D eigenvalue weighted by Gasteiger charge is 2.18. The van der Waals surface area contributed by atoms with Crippen molar-refractivity contribution in [2.24, 2.45) is 0 Å². The fourth-order valence-electron chi connectivity index (χ4n) is 0.378. The summed E-state index contributed by atoms with van der Waals surface area (Å²) in [5, 5.41) is 8.71. The molecule has 0 aromatic carbocycles. The second-order valence-electron chi connectivity index (χ2n) is 2.41. The summed E-state index contributed by atoms with van der Waals surface area (Å²) in [5.41, 5.74) is -1.23. The van der Waals surface area contributed by atoms with Crippen LogP contribution >= 0.6 is 0 Å². The van der Waals surface area contributed by atoms with E-state index in [2.05, 4.69) is 0 Å². The van der Waals surface area contributed by atoms with Crippen LogP contribution in [-0.4, -0.2) is 17.1 Å². The third-order valence-electron chi connectivity index (χ3n) is 0.654.